The molecule has 5 nitrogen and oxygen atoms in total. The van der Waals surface area contributed by atoms with Crippen molar-refractivity contribution in [1.82, 2.24) is 19.9 Å². The Hall–Kier alpha value is -3.86. The number of fused-ring (bicyclic) bond motifs is 5. The Balaban J connectivity index is 1.40. The number of hydrogen-bond donors (Lipinski definition) is 2. The first-order chi connectivity index (χ1) is 14.7. The number of hydrogen-bond acceptors (Lipinski definition) is 3. The molecule has 2 aromatic heterocycles. The zero-order valence-corrected chi connectivity index (χ0v) is 16.8. The summed E-state index contributed by atoms with van der Waals surface area (Å²) in [7, 11) is 0. The second-order valence-electron chi connectivity index (χ2n) is 7.78. The van der Waals surface area contributed by atoms with Gasteiger partial charge in [0.25, 0.3) is 0 Å². The Morgan fingerprint density at radius 2 is 1.63 bits per heavy atom. The number of ether oxygens (including phenoxy) is 1. The Bertz CT molecular complexity index is 1410. The maximum Gasteiger partial charge on any atom is 0.137 e. The van der Waals surface area contributed by atoms with Gasteiger partial charge >= 0.3 is 0 Å². The van der Waals surface area contributed by atoms with Crippen LogP contribution in [0.3, 0.4) is 0 Å². The summed E-state index contributed by atoms with van der Waals surface area (Å²) < 4.78 is 6.11. The summed E-state index contributed by atoms with van der Waals surface area (Å²) in [5.41, 5.74) is 7.64. The van der Waals surface area contributed by atoms with Crippen molar-refractivity contribution in [3.63, 3.8) is 0 Å². The van der Waals surface area contributed by atoms with Gasteiger partial charge < -0.3 is 14.7 Å². The molecular formula is C25H20N4O. The normalized spacial score (nSPS) is 12.5. The number of H-pyrrole nitrogens is 2. The first-order valence-corrected chi connectivity index (χ1v) is 10.0. The zero-order valence-electron chi connectivity index (χ0n) is 16.8. The predicted octanol–water partition coefficient (Wildman–Crippen LogP) is 5.80. The molecule has 0 amide bonds. The fourth-order valence-corrected chi connectivity index (χ4v) is 4.24. The molecular weight excluding hydrogens is 372 g/mol. The summed E-state index contributed by atoms with van der Waals surface area (Å²) in [6.07, 6.45) is 1.87. The highest BCUT2D eigenvalue weighted by Crippen LogP contribution is 2.42. The summed E-state index contributed by atoms with van der Waals surface area (Å²) >= 11 is 0. The van der Waals surface area contributed by atoms with E-state index in [0.29, 0.717) is 6.61 Å². The van der Waals surface area contributed by atoms with Crippen LogP contribution in [0.4, 0.5) is 0 Å². The molecule has 0 atom stereocenters. The summed E-state index contributed by atoms with van der Waals surface area (Å²) in [6.45, 7) is 4.46. The standard InChI is InChI=1S/C25H20N4O/c1-14-26-12-22(27-14)17-5-3-16(4-6-17)18-7-9-20-19(11-18)8-10-21-24-23(13-30-25(20)21)28-15(2)29-24/h3-12H,13H2,1-2H3,(H,26,27)(H,28,29). The average Bonchev–Trinajstić information content (AvgIpc) is 3.38. The molecule has 0 saturated carbocycles. The van der Waals surface area contributed by atoms with Crippen LogP contribution in [0.1, 0.15) is 17.3 Å². The van der Waals surface area contributed by atoms with Crippen molar-refractivity contribution in [2.24, 2.45) is 0 Å². The average molecular weight is 392 g/mol. The summed E-state index contributed by atoms with van der Waals surface area (Å²) in [6, 6.07) is 19.4. The van der Waals surface area contributed by atoms with E-state index in [2.05, 4.69) is 74.5 Å². The number of nitrogens with zero attached hydrogens (tertiary/aromatic N) is 2. The zero-order chi connectivity index (χ0) is 20.2. The monoisotopic (exact) mass is 392 g/mol. The highest BCUT2D eigenvalue weighted by Gasteiger charge is 2.22. The molecule has 0 radical (unpaired) electrons. The van der Waals surface area contributed by atoms with Gasteiger partial charge in [-0.05, 0) is 48.1 Å². The molecule has 30 heavy (non-hydrogen) atoms. The molecule has 2 N–H and O–H groups in total. The van der Waals surface area contributed by atoms with Crippen LogP contribution in [-0.4, -0.2) is 19.9 Å². The predicted molar refractivity (Wildman–Crippen MR) is 118 cm³/mol. The smallest absolute Gasteiger partial charge is 0.137 e. The second kappa shape index (κ2) is 6.32. The maximum absolute atomic E-state index is 6.11. The molecule has 3 aromatic carbocycles. The Morgan fingerprint density at radius 3 is 2.43 bits per heavy atom. The van der Waals surface area contributed by atoms with Crippen molar-refractivity contribution in [3.05, 3.63) is 78.1 Å². The first-order valence-electron chi connectivity index (χ1n) is 10.0. The van der Waals surface area contributed by atoms with Crippen molar-refractivity contribution in [1.29, 1.82) is 0 Å². The van der Waals surface area contributed by atoms with Crippen LogP contribution >= 0.6 is 0 Å². The molecule has 1 aliphatic heterocycles. The number of aromatic amines is 2. The quantitative estimate of drug-likeness (QED) is 0.399. The molecule has 0 spiro atoms. The molecule has 0 unspecified atom stereocenters. The van der Waals surface area contributed by atoms with E-state index in [1.165, 1.54) is 11.1 Å². The lowest BCUT2D eigenvalue weighted by molar-refractivity contribution is 0.301. The molecule has 0 fully saturated rings. The minimum Gasteiger partial charge on any atom is -0.486 e. The van der Waals surface area contributed by atoms with Crippen molar-refractivity contribution in [2.45, 2.75) is 20.5 Å². The van der Waals surface area contributed by atoms with E-state index in [4.69, 9.17) is 4.74 Å². The summed E-state index contributed by atoms with van der Waals surface area (Å²) in [5, 5.41) is 2.28. The van der Waals surface area contributed by atoms with Gasteiger partial charge in [-0.25, -0.2) is 9.97 Å². The second-order valence-corrected chi connectivity index (χ2v) is 7.78. The first kappa shape index (κ1) is 17.0. The fraction of sp³-hybridized carbons (Fsp3) is 0.120. The van der Waals surface area contributed by atoms with Crippen LogP contribution in [-0.2, 0) is 6.61 Å². The van der Waals surface area contributed by atoms with E-state index in [9.17, 15) is 0 Å². The van der Waals surface area contributed by atoms with E-state index in [1.807, 2.05) is 20.0 Å². The van der Waals surface area contributed by atoms with Crippen LogP contribution in [0, 0.1) is 13.8 Å². The van der Waals surface area contributed by atoms with Crippen LogP contribution in [0.5, 0.6) is 5.75 Å². The van der Waals surface area contributed by atoms with Gasteiger partial charge in [-0.3, -0.25) is 0 Å². The van der Waals surface area contributed by atoms with Crippen molar-refractivity contribution >= 4 is 10.8 Å². The third-order valence-electron chi connectivity index (χ3n) is 5.72. The van der Waals surface area contributed by atoms with Gasteiger partial charge in [0.1, 0.15) is 24.0 Å². The SMILES string of the molecule is Cc1ncc(-c2ccc(-c3ccc4c5c(ccc4c3)-c3nc(C)[nH]c3CO5)cc2)[nH]1. The number of aromatic nitrogens is 4. The van der Waals surface area contributed by atoms with Gasteiger partial charge in [-0.15, -0.1) is 0 Å². The molecule has 0 saturated heterocycles. The third-order valence-corrected chi connectivity index (χ3v) is 5.72. The van der Waals surface area contributed by atoms with Gasteiger partial charge in [0.15, 0.2) is 0 Å². The molecule has 146 valence electrons. The summed E-state index contributed by atoms with van der Waals surface area (Å²) in [4.78, 5) is 15.5. The van der Waals surface area contributed by atoms with Gasteiger partial charge in [0.2, 0.25) is 0 Å². The molecule has 6 rings (SSSR count). The van der Waals surface area contributed by atoms with E-state index in [1.54, 1.807) is 0 Å². The number of rotatable bonds is 2. The molecule has 0 bridgehead atoms. The largest absolute Gasteiger partial charge is 0.486 e. The Labute approximate surface area is 173 Å². The van der Waals surface area contributed by atoms with E-state index in [0.717, 1.165) is 56.4 Å². The number of aryl methyl sites for hydroxylation is 2. The lowest BCUT2D eigenvalue weighted by Crippen LogP contribution is -2.05. The van der Waals surface area contributed by atoms with E-state index >= 15 is 0 Å². The van der Waals surface area contributed by atoms with Crippen LogP contribution in [0.15, 0.2) is 60.8 Å². The minimum absolute atomic E-state index is 0.526. The Morgan fingerprint density at radius 1 is 0.833 bits per heavy atom. The van der Waals surface area contributed by atoms with Gasteiger partial charge in [-0.1, -0.05) is 42.5 Å². The third kappa shape index (κ3) is 2.63. The molecule has 3 heterocycles. The maximum atomic E-state index is 6.11. The fourth-order valence-electron chi connectivity index (χ4n) is 4.24. The minimum atomic E-state index is 0.526. The number of imidazole rings is 2. The van der Waals surface area contributed by atoms with Crippen LogP contribution < -0.4 is 4.74 Å². The number of benzene rings is 3. The lowest BCUT2D eigenvalue weighted by atomic mass is 9.96. The molecule has 5 aromatic rings. The highest BCUT2D eigenvalue weighted by molar-refractivity contribution is 5.97. The van der Waals surface area contributed by atoms with Crippen molar-refractivity contribution in [3.8, 4) is 39.4 Å². The molecule has 1 aliphatic rings. The van der Waals surface area contributed by atoms with Crippen molar-refractivity contribution in [2.75, 3.05) is 0 Å². The lowest BCUT2D eigenvalue weighted by Gasteiger charge is -2.19. The number of nitrogens with one attached hydrogen (secondary N) is 2. The van der Waals surface area contributed by atoms with Gasteiger partial charge in [0, 0.05) is 10.9 Å². The molecule has 0 aliphatic carbocycles. The summed E-state index contributed by atoms with van der Waals surface area (Å²) in [5.74, 6) is 2.76. The van der Waals surface area contributed by atoms with Crippen molar-refractivity contribution < 1.29 is 4.74 Å². The van der Waals surface area contributed by atoms with Crippen LogP contribution in [0.25, 0.3) is 44.4 Å². The van der Waals surface area contributed by atoms with E-state index < -0.39 is 0 Å². The molecule has 5 heteroatoms. The Kier molecular flexibility index (Phi) is 3.59. The van der Waals surface area contributed by atoms with Crippen LogP contribution in [0.2, 0.25) is 0 Å². The van der Waals surface area contributed by atoms with Gasteiger partial charge in [0.05, 0.1) is 23.3 Å². The van der Waals surface area contributed by atoms with Gasteiger partial charge in [-0.2, -0.15) is 0 Å². The van der Waals surface area contributed by atoms with E-state index in [-0.39, 0.29) is 0 Å². The highest BCUT2D eigenvalue weighted by atomic mass is 16.5. The topological polar surface area (TPSA) is 66.6 Å².